The number of carboxylic acids is 1. The molecule has 172 valence electrons. The molecule has 0 aliphatic carbocycles. The topological polar surface area (TPSA) is 112 Å². The summed E-state index contributed by atoms with van der Waals surface area (Å²) in [6.45, 7) is -0.0186. The molecule has 2 rings (SSSR count). The number of rotatable bonds is 8. The zero-order chi connectivity index (χ0) is 23.9. The molecular weight excluding hydrogens is 551 g/mol. The van der Waals surface area contributed by atoms with Gasteiger partial charge in [0.15, 0.2) is 17.5 Å². The lowest BCUT2D eigenvalue weighted by atomic mass is 10.2. The molecule has 0 saturated carbocycles. The second-order valence-corrected chi connectivity index (χ2v) is 10.4. The molecule has 0 amide bonds. The van der Waals surface area contributed by atoms with Crippen LogP contribution in [0.4, 0.5) is 0 Å². The molecule has 0 fully saturated rings. The zero-order valence-electron chi connectivity index (χ0n) is 15.8. The number of aromatic nitrogens is 3. The summed E-state index contributed by atoms with van der Waals surface area (Å²) in [5.41, 5.74) is 0.747. The minimum atomic E-state index is -1.95. The minimum Gasteiger partial charge on any atom is -0.490 e. The summed E-state index contributed by atoms with van der Waals surface area (Å²) >= 11 is 35.0. The Morgan fingerprint density at radius 1 is 0.875 bits per heavy atom. The third-order valence-electron chi connectivity index (χ3n) is 3.38. The summed E-state index contributed by atoms with van der Waals surface area (Å²) in [5.74, 6) is -1.89. The van der Waals surface area contributed by atoms with E-state index in [-0.39, 0.29) is 30.7 Å². The highest BCUT2D eigenvalue weighted by atomic mass is 35.6. The van der Waals surface area contributed by atoms with Crippen LogP contribution in [0.2, 0.25) is 0 Å². The smallest absolute Gasteiger partial charge is 0.317 e. The number of alkyl halides is 6. The molecule has 0 saturated heterocycles. The normalized spacial score (nSPS) is 12.1. The lowest BCUT2D eigenvalue weighted by molar-refractivity contribution is -0.151. The molecule has 0 unspecified atom stereocenters. The molecule has 32 heavy (non-hydrogen) atoms. The quantitative estimate of drug-likeness (QED) is 0.204. The fourth-order valence-corrected chi connectivity index (χ4v) is 2.56. The first-order chi connectivity index (χ1) is 14.8. The number of halogens is 6. The van der Waals surface area contributed by atoms with E-state index in [4.69, 9.17) is 84.2 Å². The van der Waals surface area contributed by atoms with Gasteiger partial charge in [-0.05, 0) is 23.8 Å². The largest absolute Gasteiger partial charge is 0.490 e. The van der Waals surface area contributed by atoms with Crippen molar-refractivity contribution in [2.45, 2.75) is 14.0 Å². The number of esters is 1. The van der Waals surface area contributed by atoms with Crippen molar-refractivity contribution in [3.63, 3.8) is 0 Å². The molecule has 1 aromatic carbocycles. The number of ether oxygens (including phenoxy) is 2. The second kappa shape index (κ2) is 11.5. The van der Waals surface area contributed by atoms with Gasteiger partial charge in [0.2, 0.25) is 7.59 Å². The standard InChI is InChI=1S/C18H13Cl6N3O5/c19-17(20,21)15-25-12(26-16(27-15)18(22,23)24)6-3-10-1-4-11(5-2-10)31-7-8-32-14(30)9-13(28)29/h1-6H,7-9H2,(H,28,29). The van der Waals surface area contributed by atoms with Gasteiger partial charge in [-0.2, -0.15) is 0 Å². The van der Waals surface area contributed by atoms with Gasteiger partial charge in [0.05, 0.1) is 0 Å². The van der Waals surface area contributed by atoms with E-state index < -0.39 is 25.9 Å². The Morgan fingerprint density at radius 2 is 1.44 bits per heavy atom. The molecule has 14 heteroatoms. The Balaban J connectivity index is 2.02. The highest BCUT2D eigenvalue weighted by molar-refractivity contribution is 6.67. The predicted molar refractivity (Wildman–Crippen MR) is 122 cm³/mol. The Kier molecular flexibility index (Phi) is 9.63. The summed E-state index contributed by atoms with van der Waals surface area (Å²) in [6, 6.07) is 6.81. The molecule has 0 aliphatic heterocycles. The van der Waals surface area contributed by atoms with Crippen LogP contribution in [0.1, 0.15) is 29.5 Å². The van der Waals surface area contributed by atoms with Crippen molar-refractivity contribution in [2.24, 2.45) is 0 Å². The van der Waals surface area contributed by atoms with Crippen LogP contribution in [0, 0.1) is 0 Å². The van der Waals surface area contributed by atoms with Crippen molar-refractivity contribution in [2.75, 3.05) is 13.2 Å². The van der Waals surface area contributed by atoms with Crippen LogP contribution < -0.4 is 4.74 Å². The fraction of sp³-hybridized carbons (Fsp3) is 0.278. The molecule has 8 nitrogen and oxygen atoms in total. The summed E-state index contributed by atoms with van der Waals surface area (Å²) in [4.78, 5) is 33.5. The molecular formula is C18H13Cl6N3O5. The third-order valence-corrected chi connectivity index (χ3v) is 4.39. The molecule has 0 bridgehead atoms. The van der Waals surface area contributed by atoms with E-state index in [1.54, 1.807) is 30.3 Å². The highest BCUT2D eigenvalue weighted by Gasteiger charge is 2.33. The third kappa shape index (κ3) is 9.13. The van der Waals surface area contributed by atoms with Crippen molar-refractivity contribution < 1.29 is 24.2 Å². The summed E-state index contributed by atoms with van der Waals surface area (Å²) in [7, 11) is 0. The van der Waals surface area contributed by atoms with Crippen LogP contribution in [0.3, 0.4) is 0 Å². The van der Waals surface area contributed by atoms with E-state index in [9.17, 15) is 9.59 Å². The maximum Gasteiger partial charge on any atom is 0.317 e. The van der Waals surface area contributed by atoms with E-state index >= 15 is 0 Å². The van der Waals surface area contributed by atoms with Gasteiger partial charge < -0.3 is 14.6 Å². The lowest BCUT2D eigenvalue weighted by Gasteiger charge is -2.14. The van der Waals surface area contributed by atoms with E-state index in [1.165, 1.54) is 6.08 Å². The van der Waals surface area contributed by atoms with Gasteiger partial charge in [0, 0.05) is 0 Å². The Bertz CT molecular complexity index is 958. The minimum absolute atomic E-state index is 0.0605. The maximum absolute atomic E-state index is 11.1. The second-order valence-electron chi connectivity index (χ2n) is 5.88. The fourth-order valence-electron chi connectivity index (χ4n) is 2.06. The first-order valence-electron chi connectivity index (χ1n) is 8.53. The van der Waals surface area contributed by atoms with Gasteiger partial charge in [-0.25, -0.2) is 15.0 Å². The van der Waals surface area contributed by atoms with E-state index in [2.05, 4.69) is 15.0 Å². The number of hydrogen-bond acceptors (Lipinski definition) is 7. The number of benzene rings is 1. The van der Waals surface area contributed by atoms with Gasteiger partial charge in [-0.3, -0.25) is 9.59 Å². The van der Waals surface area contributed by atoms with Gasteiger partial charge in [-0.15, -0.1) is 0 Å². The number of hydrogen-bond donors (Lipinski definition) is 1. The van der Waals surface area contributed by atoms with Crippen LogP contribution in [0.5, 0.6) is 5.75 Å². The summed E-state index contributed by atoms with van der Waals surface area (Å²) in [6.07, 6.45) is 2.48. The highest BCUT2D eigenvalue weighted by Crippen LogP contribution is 2.40. The van der Waals surface area contributed by atoms with Crippen molar-refractivity contribution >= 4 is 93.7 Å². The van der Waals surface area contributed by atoms with Crippen LogP contribution in [-0.2, 0) is 21.9 Å². The molecule has 0 atom stereocenters. The van der Waals surface area contributed by atoms with Gasteiger partial charge >= 0.3 is 11.9 Å². The summed E-state index contributed by atoms with van der Waals surface area (Å²) < 4.78 is 6.24. The van der Waals surface area contributed by atoms with Gasteiger partial charge in [-0.1, -0.05) is 87.8 Å². The van der Waals surface area contributed by atoms with Crippen LogP contribution in [0.25, 0.3) is 12.2 Å². The first kappa shape index (κ1) is 26.7. The number of nitrogens with zero attached hydrogens (tertiary/aromatic N) is 3. The van der Waals surface area contributed by atoms with Crippen LogP contribution in [-0.4, -0.2) is 45.2 Å². The molecule has 1 aromatic heterocycles. The van der Waals surface area contributed by atoms with Crippen molar-refractivity contribution in [3.05, 3.63) is 47.3 Å². The number of aliphatic carboxylic acids is 1. The van der Waals surface area contributed by atoms with E-state index in [0.717, 1.165) is 5.56 Å². The van der Waals surface area contributed by atoms with Gasteiger partial charge in [0.25, 0.3) is 0 Å². The van der Waals surface area contributed by atoms with Crippen molar-refractivity contribution in [3.8, 4) is 5.75 Å². The molecule has 0 radical (unpaired) electrons. The molecule has 2 aromatic rings. The maximum atomic E-state index is 11.1. The number of carbonyl (C=O) groups excluding carboxylic acids is 1. The lowest BCUT2D eigenvalue weighted by Crippen LogP contribution is -2.16. The number of carbonyl (C=O) groups is 2. The average Bonchev–Trinajstić information content (AvgIpc) is 2.68. The average molecular weight is 564 g/mol. The van der Waals surface area contributed by atoms with Crippen molar-refractivity contribution in [1.29, 1.82) is 0 Å². The summed E-state index contributed by atoms with van der Waals surface area (Å²) in [5, 5.41) is 8.48. The van der Waals surface area contributed by atoms with E-state index in [0.29, 0.717) is 5.75 Å². The molecule has 0 aliphatic rings. The Hall–Kier alpha value is -1.55. The van der Waals surface area contributed by atoms with Gasteiger partial charge in [0.1, 0.15) is 25.4 Å². The Labute approximate surface area is 212 Å². The van der Waals surface area contributed by atoms with Crippen LogP contribution >= 0.6 is 69.6 Å². The predicted octanol–water partition coefficient (Wildman–Crippen LogP) is 5.09. The molecule has 1 heterocycles. The SMILES string of the molecule is O=C(O)CC(=O)OCCOc1ccc(C=Cc2nc(C(Cl)(Cl)Cl)nc(C(Cl)(Cl)Cl)n2)cc1. The first-order valence-corrected chi connectivity index (χ1v) is 10.8. The van der Waals surface area contributed by atoms with Crippen molar-refractivity contribution in [1.82, 2.24) is 15.0 Å². The molecule has 0 spiro atoms. The number of carboxylic acid groups (broad SMARTS) is 1. The monoisotopic (exact) mass is 561 g/mol. The Morgan fingerprint density at radius 3 is 1.94 bits per heavy atom. The zero-order valence-corrected chi connectivity index (χ0v) is 20.3. The molecule has 1 N–H and O–H groups in total. The van der Waals surface area contributed by atoms with Crippen LogP contribution in [0.15, 0.2) is 24.3 Å². The van der Waals surface area contributed by atoms with E-state index in [1.807, 2.05) is 0 Å².